The molecular formula is C25H16N4. The first kappa shape index (κ1) is 16.0. The number of benzene rings is 3. The van der Waals surface area contributed by atoms with Crippen LogP contribution in [0.15, 0.2) is 97.7 Å². The number of aromatic nitrogens is 3. The second-order valence-corrected chi connectivity index (χ2v) is 7.07. The lowest BCUT2D eigenvalue weighted by molar-refractivity contribution is 1.10. The summed E-state index contributed by atoms with van der Waals surface area (Å²) in [6.45, 7) is 0. The lowest BCUT2D eigenvalue weighted by atomic mass is 9.90. The Morgan fingerprint density at radius 3 is 2.48 bits per heavy atom. The quantitative estimate of drug-likeness (QED) is 0.366. The van der Waals surface area contributed by atoms with Gasteiger partial charge in [0.1, 0.15) is 12.1 Å². The van der Waals surface area contributed by atoms with Crippen LogP contribution in [0.25, 0.3) is 33.0 Å². The molecule has 0 radical (unpaired) electrons. The van der Waals surface area contributed by atoms with Crippen LogP contribution >= 0.6 is 0 Å². The third-order valence-electron chi connectivity index (χ3n) is 5.40. The van der Waals surface area contributed by atoms with E-state index in [1.807, 2.05) is 24.5 Å². The van der Waals surface area contributed by atoms with Gasteiger partial charge in [0, 0.05) is 23.3 Å². The third-order valence-corrected chi connectivity index (χ3v) is 5.40. The van der Waals surface area contributed by atoms with Gasteiger partial charge in [-0.25, -0.2) is 9.97 Å². The fourth-order valence-corrected chi connectivity index (χ4v) is 4.16. The second-order valence-electron chi connectivity index (χ2n) is 7.07. The molecule has 0 saturated carbocycles. The molecule has 0 atom stereocenters. The third kappa shape index (κ3) is 2.43. The molecule has 0 unspecified atom stereocenters. The van der Waals surface area contributed by atoms with Crippen molar-refractivity contribution < 1.29 is 0 Å². The van der Waals surface area contributed by atoms with E-state index in [4.69, 9.17) is 0 Å². The number of nitrogens with zero attached hydrogens (tertiary/aromatic N) is 4. The Kier molecular flexibility index (Phi) is 3.43. The van der Waals surface area contributed by atoms with Crippen LogP contribution < -0.4 is 4.90 Å². The standard InChI is InChI=1S/C25H16N4/c1-2-6-17(7-3-1)19-12-18-8-4-10-23-24(18)21(13-19)22-15-27-16-28-25(22)29(23)20-9-5-11-26-14-20/h1-16H. The maximum absolute atomic E-state index is 4.65. The van der Waals surface area contributed by atoms with Crippen molar-refractivity contribution in [1.29, 1.82) is 0 Å². The highest BCUT2D eigenvalue weighted by molar-refractivity contribution is 6.14. The zero-order valence-corrected chi connectivity index (χ0v) is 15.5. The minimum Gasteiger partial charge on any atom is -0.292 e. The lowest BCUT2D eigenvalue weighted by Gasteiger charge is -2.32. The highest BCUT2D eigenvalue weighted by Gasteiger charge is 2.27. The molecule has 0 bridgehead atoms. The van der Waals surface area contributed by atoms with Gasteiger partial charge in [-0.15, -0.1) is 0 Å². The van der Waals surface area contributed by atoms with Gasteiger partial charge < -0.3 is 0 Å². The minimum absolute atomic E-state index is 0.873. The number of hydrogen-bond acceptors (Lipinski definition) is 4. The van der Waals surface area contributed by atoms with E-state index in [0.717, 1.165) is 28.3 Å². The van der Waals surface area contributed by atoms with Crippen LogP contribution in [0.2, 0.25) is 0 Å². The van der Waals surface area contributed by atoms with Gasteiger partial charge in [-0.1, -0.05) is 42.5 Å². The predicted molar refractivity (Wildman–Crippen MR) is 116 cm³/mol. The molecule has 4 nitrogen and oxygen atoms in total. The molecule has 1 aliphatic heterocycles. The van der Waals surface area contributed by atoms with Gasteiger partial charge >= 0.3 is 0 Å². The summed E-state index contributed by atoms with van der Waals surface area (Å²) in [6, 6.07) is 25.4. The Morgan fingerprint density at radius 2 is 1.62 bits per heavy atom. The van der Waals surface area contributed by atoms with Crippen molar-refractivity contribution in [2.75, 3.05) is 4.90 Å². The van der Waals surface area contributed by atoms with Gasteiger partial charge in [0.25, 0.3) is 0 Å². The van der Waals surface area contributed by atoms with Crippen LogP contribution in [0.5, 0.6) is 0 Å². The van der Waals surface area contributed by atoms with Crippen LogP contribution in [0, 0.1) is 0 Å². The van der Waals surface area contributed by atoms with E-state index in [1.54, 1.807) is 12.5 Å². The minimum atomic E-state index is 0.873. The van der Waals surface area contributed by atoms with Crippen LogP contribution in [-0.2, 0) is 0 Å². The van der Waals surface area contributed by atoms with Crippen LogP contribution in [-0.4, -0.2) is 15.0 Å². The SMILES string of the molecule is c1ccc(-c2cc3c4c(cccc4c2)N(c2cccnc2)c2ncncc2-3)cc1. The largest absolute Gasteiger partial charge is 0.292 e. The molecule has 0 saturated heterocycles. The predicted octanol–water partition coefficient (Wildman–Crippen LogP) is 6.14. The van der Waals surface area contributed by atoms with Crippen molar-refractivity contribution in [3.05, 3.63) is 97.7 Å². The number of pyridine rings is 1. The molecule has 0 spiro atoms. The monoisotopic (exact) mass is 372 g/mol. The van der Waals surface area contributed by atoms with E-state index in [-0.39, 0.29) is 0 Å². The summed E-state index contributed by atoms with van der Waals surface area (Å²) in [4.78, 5) is 15.5. The zero-order chi connectivity index (χ0) is 19.2. The van der Waals surface area contributed by atoms with Crippen molar-refractivity contribution in [2.24, 2.45) is 0 Å². The number of hydrogen-bond donors (Lipinski definition) is 0. The van der Waals surface area contributed by atoms with Gasteiger partial charge in [-0.2, -0.15) is 0 Å². The molecule has 4 heteroatoms. The zero-order valence-electron chi connectivity index (χ0n) is 15.5. The topological polar surface area (TPSA) is 41.9 Å². The lowest BCUT2D eigenvalue weighted by Crippen LogP contribution is -2.16. The van der Waals surface area contributed by atoms with Crippen LogP contribution in [0.4, 0.5) is 17.2 Å². The average Bonchev–Trinajstić information content (AvgIpc) is 2.80. The van der Waals surface area contributed by atoms with Crippen molar-refractivity contribution in [3.63, 3.8) is 0 Å². The molecule has 0 aliphatic carbocycles. The van der Waals surface area contributed by atoms with Crippen molar-refractivity contribution in [2.45, 2.75) is 0 Å². The summed E-state index contributed by atoms with van der Waals surface area (Å²) in [7, 11) is 0. The molecule has 1 aliphatic rings. The molecule has 2 aromatic heterocycles. The molecule has 3 aromatic carbocycles. The molecule has 5 aromatic rings. The fourth-order valence-electron chi connectivity index (χ4n) is 4.16. The fraction of sp³-hybridized carbons (Fsp3) is 0. The molecule has 136 valence electrons. The smallest absolute Gasteiger partial charge is 0.148 e. The number of rotatable bonds is 2. The Morgan fingerprint density at radius 1 is 0.690 bits per heavy atom. The average molecular weight is 372 g/mol. The summed E-state index contributed by atoms with van der Waals surface area (Å²) in [5.41, 5.74) is 6.67. The first-order valence-electron chi connectivity index (χ1n) is 9.53. The first-order chi connectivity index (χ1) is 14.4. The number of anilines is 3. The summed E-state index contributed by atoms with van der Waals surface area (Å²) >= 11 is 0. The summed E-state index contributed by atoms with van der Waals surface area (Å²) in [5, 5.41) is 2.40. The molecule has 29 heavy (non-hydrogen) atoms. The Labute approximate surface area is 168 Å². The maximum atomic E-state index is 4.65. The van der Waals surface area contributed by atoms with Gasteiger partial charge in [0.2, 0.25) is 0 Å². The molecular weight excluding hydrogens is 356 g/mol. The van der Waals surface area contributed by atoms with Gasteiger partial charge in [-0.3, -0.25) is 9.88 Å². The van der Waals surface area contributed by atoms with E-state index in [0.29, 0.717) is 0 Å². The van der Waals surface area contributed by atoms with E-state index in [1.165, 1.54) is 21.9 Å². The van der Waals surface area contributed by atoms with E-state index in [9.17, 15) is 0 Å². The first-order valence-corrected chi connectivity index (χ1v) is 9.53. The summed E-state index contributed by atoms with van der Waals surface area (Å²) in [6.07, 6.45) is 7.17. The molecule has 0 N–H and O–H groups in total. The molecule has 6 rings (SSSR count). The van der Waals surface area contributed by atoms with Crippen LogP contribution in [0.1, 0.15) is 0 Å². The molecule has 0 amide bonds. The van der Waals surface area contributed by atoms with E-state index in [2.05, 4.69) is 80.5 Å². The highest BCUT2D eigenvalue weighted by atomic mass is 15.2. The summed E-state index contributed by atoms with van der Waals surface area (Å²) in [5.74, 6) is 0.873. The molecule has 0 fully saturated rings. The van der Waals surface area contributed by atoms with Crippen LogP contribution in [0.3, 0.4) is 0 Å². The van der Waals surface area contributed by atoms with E-state index < -0.39 is 0 Å². The van der Waals surface area contributed by atoms with Crippen molar-refractivity contribution in [3.8, 4) is 22.3 Å². The number of fused-ring (bicyclic) bond motifs is 2. The van der Waals surface area contributed by atoms with Gasteiger partial charge in [0.05, 0.1) is 17.6 Å². The molecule has 3 heterocycles. The Balaban J connectivity index is 1.71. The van der Waals surface area contributed by atoms with Crippen molar-refractivity contribution in [1.82, 2.24) is 15.0 Å². The maximum Gasteiger partial charge on any atom is 0.148 e. The van der Waals surface area contributed by atoms with E-state index >= 15 is 0 Å². The Hall–Kier alpha value is -4.05. The Bertz CT molecular complexity index is 1350. The van der Waals surface area contributed by atoms with Gasteiger partial charge in [-0.05, 0) is 52.4 Å². The van der Waals surface area contributed by atoms with Crippen molar-refractivity contribution >= 4 is 28.0 Å². The second kappa shape index (κ2) is 6.24. The normalized spacial score (nSPS) is 12.1. The highest BCUT2D eigenvalue weighted by Crippen LogP contribution is 2.50. The van der Waals surface area contributed by atoms with Gasteiger partial charge in [0.15, 0.2) is 0 Å². The summed E-state index contributed by atoms with van der Waals surface area (Å²) < 4.78 is 0.